The highest BCUT2D eigenvalue weighted by Gasteiger charge is 2.01. The summed E-state index contributed by atoms with van der Waals surface area (Å²) in [6, 6.07) is 3.69. The molecule has 1 aromatic heterocycles. The molecule has 0 aliphatic rings. The third-order valence-corrected chi connectivity index (χ3v) is 3.82. The molecule has 0 aromatic carbocycles. The second-order valence-electron chi connectivity index (χ2n) is 2.17. The SMILES string of the molecule is CS(=O)c1ccc(CNC=O)s1. The van der Waals surface area contributed by atoms with Crippen LogP contribution in [0.3, 0.4) is 0 Å². The summed E-state index contributed by atoms with van der Waals surface area (Å²) in [7, 11) is -0.911. The molecule has 1 heterocycles. The number of hydrogen-bond acceptors (Lipinski definition) is 3. The van der Waals surface area contributed by atoms with Gasteiger partial charge in [-0.25, -0.2) is 0 Å². The maximum absolute atomic E-state index is 11.0. The average molecular weight is 203 g/mol. The normalized spacial score (nSPS) is 12.4. The van der Waals surface area contributed by atoms with Gasteiger partial charge in [0.2, 0.25) is 6.41 Å². The average Bonchev–Trinajstić information content (AvgIpc) is 2.48. The molecule has 3 nitrogen and oxygen atoms in total. The molecule has 0 radical (unpaired) electrons. The lowest BCUT2D eigenvalue weighted by Gasteiger charge is -1.91. The Hall–Kier alpha value is -0.680. The maximum Gasteiger partial charge on any atom is 0.207 e. The van der Waals surface area contributed by atoms with Crippen LogP contribution in [0.2, 0.25) is 0 Å². The van der Waals surface area contributed by atoms with Gasteiger partial charge in [-0.1, -0.05) is 0 Å². The Labute approximate surface area is 77.3 Å². The van der Waals surface area contributed by atoms with Crippen LogP contribution < -0.4 is 5.32 Å². The number of hydrogen-bond donors (Lipinski definition) is 1. The second kappa shape index (κ2) is 4.37. The molecule has 0 bridgehead atoms. The highest BCUT2D eigenvalue weighted by atomic mass is 32.2. The van der Waals surface area contributed by atoms with Crippen LogP contribution in [0.5, 0.6) is 0 Å². The van der Waals surface area contributed by atoms with Gasteiger partial charge in [-0.3, -0.25) is 9.00 Å². The summed E-state index contributed by atoms with van der Waals surface area (Å²) < 4.78 is 11.8. The van der Waals surface area contributed by atoms with Gasteiger partial charge in [0.05, 0.1) is 21.6 Å². The van der Waals surface area contributed by atoms with E-state index in [0.717, 1.165) is 9.09 Å². The molecule has 12 heavy (non-hydrogen) atoms. The highest BCUT2D eigenvalue weighted by Crippen LogP contribution is 2.18. The molecule has 0 saturated carbocycles. The zero-order valence-corrected chi connectivity index (χ0v) is 8.21. The van der Waals surface area contributed by atoms with Gasteiger partial charge in [-0.05, 0) is 12.1 Å². The fourth-order valence-corrected chi connectivity index (χ4v) is 2.49. The molecule has 1 unspecified atom stereocenters. The van der Waals surface area contributed by atoms with Crippen LogP contribution >= 0.6 is 11.3 Å². The molecule has 0 aliphatic carbocycles. The van der Waals surface area contributed by atoms with Crippen molar-refractivity contribution in [1.29, 1.82) is 0 Å². The van der Waals surface area contributed by atoms with Crippen LogP contribution in [0, 0.1) is 0 Å². The van der Waals surface area contributed by atoms with E-state index in [2.05, 4.69) is 5.32 Å². The molecule has 66 valence electrons. The van der Waals surface area contributed by atoms with Crippen molar-refractivity contribution in [2.45, 2.75) is 10.8 Å². The molecule has 1 atom stereocenters. The van der Waals surface area contributed by atoms with Crippen molar-refractivity contribution >= 4 is 28.5 Å². The Morgan fingerprint density at radius 2 is 2.42 bits per heavy atom. The lowest BCUT2D eigenvalue weighted by molar-refractivity contribution is -0.109. The molecule has 0 saturated heterocycles. The van der Waals surface area contributed by atoms with Crippen LogP contribution in [0.4, 0.5) is 0 Å². The molecule has 0 aliphatic heterocycles. The molecular formula is C7H9NO2S2. The first kappa shape index (κ1) is 9.41. The van der Waals surface area contributed by atoms with Crippen molar-refractivity contribution in [2.75, 3.05) is 6.26 Å². The quantitative estimate of drug-likeness (QED) is 0.733. The summed E-state index contributed by atoms with van der Waals surface area (Å²) in [4.78, 5) is 11.0. The smallest absolute Gasteiger partial charge is 0.207 e. The summed E-state index contributed by atoms with van der Waals surface area (Å²) >= 11 is 1.46. The van der Waals surface area contributed by atoms with Gasteiger partial charge in [0, 0.05) is 11.1 Å². The summed E-state index contributed by atoms with van der Waals surface area (Å²) in [5.41, 5.74) is 0. The third kappa shape index (κ3) is 2.42. The molecule has 1 N–H and O–H groups in total. The Bertz CT molecular complexity index is 295. The van der Waals surface area contributed by atoms with Gasteiger partial charge in [-0.15, -0.1) is 11.3 Å². The molecule has 5 heteroatoms. The van der Waals surface area contributed by atoms with Crippen LogP contribution in [-0.4, -0.2) is 16.9 Å². The summed E-state index contributed by atoms with van der Waals surface area (Å²) in [5.74, 6) is 0. The van der Waals surface area contributed by atoms with Crippen LogP contribution in [-0.2, 0) is 22.1 Å². The molecule has 1 aromatic rings. The van der Waals surface area contributed by atoms with E-state index in [-0.39, 0.29) is 0 Å². The van der Waals surface area contributed by atoms with E-state index in [1.165, 1.54) is 11.3 Å². The van der Waals surface area contributed by atoms with Crippen molar-refractivity contribution in [3.8, 4) is 0 Å². The Morgan fingerprint density at radius 3 is 2.92 bits per heavy atom. The molecule has 0 spiro atoms. The number of rotatable bonds is 4. The van der Waals surface area contributed by atoms with E-state index in [4.69, 9.17) is 0 Å². The largest absolute Gasteiger partial charge is 0.354 e. The van der Waals surface area contributed by atoms with E-state index in [1.54, 1.807) is 6.26 Å². The fraction of sp³-hybridized carbons (Fsp3) is 0.286. The predicted molar refractivity (Wildman–Crippen MR) is 49.6 cm³/mol. The van der Waals surface area contributed by atoms with E-state index in [1.807, 2.05) is 12.1 Å². The van der Waals surface area contributed by atoms with Gasteiger partial charge in [0.25, 0.3) is 0 Å². The van der Waals surface area contributed by atoms with Gasteiger partial charge in [-0.2, -0.15) is 0 Å². The third-order valence-electron chi connectivity index (χ3n) is 1.28. The molecule has 1 amide bonds. The van der Waals surface area contributed by atoms with E-state index >= 15 is 0 Å². The zero-order chi connectivity index (χ0) is 8.97. The van der Waals surface area contributed by atoms with Crippen molar-refractivity contribution in [3.63, 3.8) is 0 Å². The summed E-state index contributed by atoms with van der Waals surface area (Å²) in [6.07, 6.45) is 2.30. The monoisotopic (exact) mass is 203 g/mol. The maximum atomic E-state index is 11.0. The standard InChI is InChI=1S/C7H9NO2S2/c1-12(10)7-3-2-6(11-7)4-8-5-9/h2-3,5H,4H2,1H3,(H,8,9). The molecule has 0 fully saturated rings. The lowest BCUT2D eigenvalue weighted by Crippen LogP contribution is -2.07. The molecular weight excluding hydrogens is 194 g/mol. The minimum absolute atomic E-state index is 0.519. The first-order chi connectivity index (χ1) is 5.74. The van der Waals surface area contributed by atoms with Gasteiger partial charge in [0.15, 0.2) is 0 Å². The highest BCUT2D eigenvalue weighted by molar-refractivity contribution is 7.86. The van der Waals surface area contributed by atoms with Crippen LogP contribution in [0.25, 0.3) is 0 Å². The van der Waals surface area contributed by atoms with Gasteiger partial charge < -0.3 is 5.32 Å². The minimum Gasteiger partial charge on any atom is -0.354 e. The Balaban J connectivity index is 2.64. The van der Waals surface area contributed by atoms with E-state index in [9.17, 15) is 9.00 Å². The number of carbonyl (C=O) groups is 1. The van der Waals surface area contributed by atoms with E-state index < -0.39 is 10.8 Å². The van der Waals surface area contributed by atoms with Gasteiger partial charge in [0.1, 0.15) is 0 Å². The minimum atomic E-state index is -0.911. The van der Waals surface area contributed by atoms with Crippen molar-refractivity contribution < 1.29 is 9.00 Å². The fourth-order valence-electron chi connectivity index (χ4n) is 0.750. The van der Waals surface area contributed by atoms with Crippen LogP contribution in [0.1, 0.15) is 4.88 Å². The first-order valence-corrected chi connectivity index (χ1v) is 5.70. The van der Waals surface area contributed by atoms with Crippen LogP contribution in [0.15, 0.2) is 16.3 Å². The van der Waals surface area contributed by atoms with Crippen molar-refractivity contribution in [3.05, 3.63) is 17.0 Å². The lowest BCUT2D eigenvalue weighted by atomic mass is 10.5. The Kier molecular flexibility index (Phi) is 3.43. The number of amides is 1. The zero-order valence-electron chi connectivity index (χ0n) is 6.57. The van der Waals surface area contributed by atoms with Crippen molar-refractivity contribution in [2.24, 2.45) is 0 Å². The number of carbonyl (C=O) groups excluding carboxylic acids is 1. The second-order valence-corrected chi connectivity index (χ2v) is 4.95. The Morgan fingerprint density at radius 1 is 1.67 bits per heavy atom. The number of thiophene rings is 1. The topological polar surface area (TPSA) is 46.2 Å². The summed E-state index contributed by atoms with van der Waals surface area (Å²) in [6.45, 7) is 0.519. The number of nitrogens with one attached hydrogen (secondary N) is 1. The first-order valence-electron chi connectivity index (χ1n) is 3.33. The summed E-state index contributed by atoms with van der Waals surface area (Å²) in [5, 5.41) is 2.55. The van der Waals surface area contributed by atoms with E-state index in [0.29, 0.717) is 13.0 Å². The molecule has 1 rings (SSSR count). The predicted octanol–water partition coefficient (Wildman–Crippen LogP) is 0.732. The van der Waals surface area contributed by atoms with Crippen molar-refractivity contribution in [1.82, 2.24) is 5.32 Å². The van der Waals surface area contributed by atoms with Gasteiger partial charge >= 0.3 is 0 Å².